The van der Waals surface area contributed by atoms with E-state index in [0.717, 1.165) is 17.8 Å². The number of pyridine rings is 1. The number of hydrogen-bond acceptors (Lipinski definition) is 5. The highest BCUT2D eigenvalue weighted by Crippen LogP contribution is 2.08. The first-order valence-corrected chi connectivity index (χ1v) is 5.91. The summed E-state index contributed by atoms with van der Waals surface area (Å²) in [5.74, 6) is -0.851. The van der Waals surface area contributed by atoms with Crippen molar-refractivity contribution in [2.75, 3.05) is 0 Å². The minimum Gasteiger partial charge on any atom is -0.322 e. The molecule has 0 saturated heterocycles. The molecule has 2 N–H and O–H groups in total. The van der Waals surface area contributed by atoms with Gasteiger partial charge in [-0.1, -0.05) is 30.3 Å². The molecule has 0 radical (unpaired) electrons. The fourth-order valence-electron chi connectivity index (χ4n) is 1.56. The lowest BCUT2D eigenvalue weighted by Crippen LogP contribution is -2.29. The first-order chi connectivity index (χ1) is 10.1. The molecule has 2 aromatic rings. The first kappa shape index (κ1) is 14.4. The lowest BCUT2D eigenvalue weighted by atomic mass is 10.2. The molecule has 2 rings (SSSR count). The Labute approximate surface area is 118 Å². The van der Waals surface area contributed by atoms with Crippen LogP contribution in [0.1, 0.15) is 15.9 Å². The summed E-state index contributed by atoms with van der Waals surface area (Å²) in [6, 6.07) is 9.95. The topological polar surface area (TPSA) is 114 Å². The van der Waals surface area contributed by atoms with Gasteiger partial charge in [-0.2, -0.15) is 0 Å². The molecule has 0 aliphatic heterocycles. The third-order valence-corrected chi connectivity index (χ3v) is 2.59. The number of H-pyrrole nitrogens is 1. The molecule has 0 bridgehead atoms. The zero-order chi connectivity index (χ0) is 15.2. The fraction of sp³-hybridized carbons (Fsp3) is 0.0769. The van der Waals surface area contributed by atoms with Crippen LogP contribution in [0.2, 0.25) is 0 Å². The third kappa shape index (κ3) is 3.74. The van der Waals surface area contributed by atoms with Gasteiger partial charge in [-0.25, -0.2) is 5.48 Å². The normalized spacial score (nSPS) is 10.1. The van der Waals surface area contributed by atoms with Gasteiger partial charge in [0.2, 0.25) is 0 Å². The van der Waals surface area contributed by atoms with Crippen LogP contribution in [-0.4, -0.2) is 15.8 Å². The Bertz CT molecular complexity index is 711. The summed E-state index contributed by atoms with van der Waals surface area (Å²) in [6.45, 7) is 0.111. The van der Waals surface area contributed by atoms with Crippen LogP contribution >= 0.6 is 0 Å². The number of nitrogens with one attached hydrogen (secondary N) is 2. The molecule has 21 heavy (non-hydrogen) atoms. The standard InChI is InChI=1S/C13H11N3O5/c17-12-11(6-10(7-14-12)16(19)20)13(18)15-21-8-9-4-2-1-3-5-9/h1-7H,8H2,(H,14,17)(H,15,18). The molecule has 108 valence electrons. The average Bonchev–Trinajstić information content (AvgIpc) is 2.48. The number of aromatic amines is 1. The van der Waals surface area contributed by atoms with Crippen LogP contribution in [-0.2, 0) is 11.4 Å². The highest BCUT2D eigenvalue weighted by molar-refractivity contribution is 5.93. The van der Waals surface area contributed by atoms with Crippen LogP contribution in [0.25, 0.3) is 0 Å². The summed E-state index contributed by atoms with van der Waals surface area (Å²) in [4.78, 5) is 40.2. The molecule has 0 aliphatic rings. The Balaban J connectivity index is 2.02. The second-order valence-electron chi connectivity index (χ2n) is 4.06. The number of aromatic nitrogens is 1. The number of hydrogen-bond donors (Lipinski definition) is 2. The van der Waals surface area contributed by atoms with E-state index in [4.69, 9.17) is 4.84 Å². The van der Waals surface area contributed by atoms with E-state index in [-0.39, 0.29) is 12.3 Å². The summed E-state index contributed by atoms with van der Waals surface area (Å²) in [5.41, 5.74) is 1.39. The van der Waals surface area contributed by atoms with Gasteiger partial charge in [-0.3, -0.25) is 24.5 Å². The Morgan fingerprint density at radius 1 is 1.33 bits per heavy atom. The third-order valence-electron chi connectivity index (χ3n) is 2.59. The molecule has 1 amide bonds. The summed E-state index contributed by atoms with van der Waals surface area (Å²) >= 11 is 0. The van der Waals surface area contributed by atoms with Crippen LogP contribution in [0.3, 0.4) is 0 Å². The largest absolute Gasteiger partial charge is 0.322 e. The predicted octanol–water partition coefficient (Wildman–Crippen LogP) is 1.14. The summed E-state index contributed by atoms with van der Waals surface area (Å²) in [7, 11) is 0. The second-order valence-corrected chi connectivity index (χ2v) is 4.06. The van der Waals surface area contributed by atoms with Crippen molar-refractivity contribution in [1.29, 1.82) is 0 Å². The van der Waals surface area contributed by atoms with E-state index in [1.807, 2.05) is 18.2 Å². The molecule has 8 heteroatoms. The van der Waals surface area contributed by atoms with E-state index in [2.05, 4.69) is 10.5 Å². The highest BCUT2D eigenvalue weighted by Gasteiger charge is 2.16. The van der Waals surface area contributed by atoms with Crippen molar-refractivity contribution in [2.45, 2.75) is 6.61 Å². The van der Waals surface area contributed by atoms with Gasteiger partial charge in [-0.15, -0.1) is 0 Å². The van der Waals surface area contributed by atoms with Crippen LogP contribution in [0.4, 0.5) is 5.69 Å². The van der Waals surface area contributed by atoms with Gasteiger partial charge < -0.3 is 4.98 Å². The number of carbonyl (C=O) groups excluding carboxylic acids is 1. The number of hydroxylamine groups is 1. The van der Waals surface area contributed by atoms with Crippen LogP contribution in [0, 0.1) is 10.1 Å². The van der Waals surface area contributed by atoms with Crippen molar-refractivity contribution >= 4 is 11.6 Å². The Morgan fingerprint density at radius 2 is 2.05 bits per heavy atom. The van der Waals surface area contributed by atoms with Gasteiger partial charge in [0.05, 0.1) is 17.7 Å². The van der Waals surface area contributed by atoms with Crippen molar-refractivity contribution in [3.05, 3.63) is 74.2 Å². The molecule has 1 aromatic heterocycles. The maximum absolute atomic E-state index is 11.8. The molecule has 0 saturated carbocycles. The molecular formula is C13H11N3O5. The quantitative estimate of drug-likeness (QED) is 0.633. The molecular weight excluding hydrogens is 278 g/mol. The zero-order valence-corrected chi connectivity index (χ0v) is 10.7. The van der Waals surface area contributed by atoms with E-state index < -0.39 is 22.0 Å². The number of nitro groups is 1. The number of rotatable bonds is 5. The lowest BCUT2D eigenvalue weighted by molar-refractivity contribution is -0.385. The molecule has 0 aliphatic carbocycles. The van der Waals surface area contributed by atoms with Gasteiger partial charge in [-0.05, 0) is 5.56 Å². The highest BCUT2D eigenvalue weighted by atomic mass is 16.7. The van der Waals surface area contributed by atoms with E-state index >= 15 is 0 Å². The fourth-order valence-corrected chi connectivity index (χ4v) is 1.56. The number of carbonyl (C=O) groups is 1. The number of nitrogens with zero attached hydrogens (tertiary/aromatic N) is 1. The lowest BCUT2D eigenvalue weighted by Gasteiger charge is -2.05. The van der Waals surface area contributed by atoms with E-state index in [9.17, 15) is 19.7 Å². The SMILES string of the molecule is O=C(NOCc1ccccc1)c1cc([N+](=O)[O-])c[nH]c1=O. The molecule has 0 unspecified atom stereocenters. The van der Waals surface area contributed by atoms with Crippen molar-refractivity contribution in [3.8, 4) is 0 Å². The average molecular weight is 289 g/mol. The molecule has 0 spiro atoms. The van der Waals surface area contributed by atoms with E-state index in [1.165, 1.54) is 0 Å². The van der Waals surface area contributed by atoms with Crippen LogP contribution < -0.4 is 11.0 Å². The molecule has 0 fully saturated rings. The van der Waals surface area contributed by atoms with Crippen molar-refractivity contribution < 1.29 is 14.6 Å². The minimum absolute atomic E-state index is 0.111. The van der Waals surface area contributed by atoms with Gasteiger partial charge in [0.1, 0.15) is 5.56 Å². The molecule has 8 nitrogen and oxygen atoms in total. The summed E-state index contributed by atoms with van der Waals surface area (Å²) < 4.78 is 0. The van der Waals surface area contributed by atoms with Gasteiger partial charge in [0, 0.05) is 6.07 Å². The Morgan fingerprint density at radius 3 is 2.71 bits per heavy atom. The van der Waals surface area contributed by atoms with Crippen molar-refractivity contribution in [2.24, 2.45) is 0 Å². The van der Waals surface area contributed by atoms with Gasteiger partial charge in [0.15, 0.2) is 0 Å². The molecule has 1 aromatic carbocycles. The monoisotopic (exact) mass is 289 g/mol. The summed E-state index contributed by atoms with van der Waals surface area (Å²) in [6.07, 6.45) is 0.921. The Kier molecular flexibility index (Phi) is 4.42. The number of benzene rings is 1. The maximum Gasteiger partial charge on any atom is 0.286 e. The number of amides is 1. The van der Waals surface area contributed by atoms with Gasteiger partial charge >= 0.3 is 0 Å². The minimum atomic E-state index is -0.851. The van der Waals surface area contributed by atoms with Crippen LogP contribution in [0.15, 0.2) is 47.4 Å². The molecule has 1 heterocycles. The second kappa shape index (κ2) is 6.44. The first-order valence-electron chi connectivity index (χ1n) is 5.91. The zero-order valence-electron chi connectivity index (χ0n) is 10.7. The smallest absolute Gasteiger partial charge is 0.286 e. The Hall–Kier alpha value is -3.00. The van der Waals surface area contributed by atoms with E-state index in [1.54, 1.807) is 12.1 Å². The predicted molar refractivity (Wildman–Crippen MR) is 72.4 cm³/mol. The van der Waals surface area contributed by atoms with Crippen LogP contribution in [0.5, 0.6) is 0 Å². The van der Waals surface area contributed by atoms with E-state index in [0.29, 0.717) is 0 Å². The molecule has 0 atom stereocenters. The van der Waals surface area contributed by atoms with Gasteiger partial charge in [0.25, 0.3) is 17.2 Å². The maximum atomic E-state index is 11.8. The summed E-state index contributed by atoms with van der Waals surface area (Å²) in [5, 5.41) is 10.6. The van der Waals surface area contributed by atoms with Crippen molar-refractivity contribution in [3.63, 3.8) is 0 Å². The van der Waals surface area contributed by atoms with Crippen molar-refractivity contribution in [1.82, 2.24) is 10.5 Å².